The molecule has 118 valence electrons. The highest BCUT2D eigenvalue weighted by molar-refractivity contribution is 5.79. The molecular formula is C16H34N4. The van der Waals surface area contributed by atoms with Gasteiger partial charge in [0.25, 0.3) is 0 Å². The minimum absolute atomic E-state index is 0.867. The van der Waals surface area contributed by atoms with E-state index in [-0.39, 0.29) is 0 Å². The number of rotatable bonds is 7. The predicted octanol–water partition coefficient (Wildman–Crippen LogP) is 2.32. The molecule has 0 saturated carbocycles. The van der Waals surface area contributed by atoms with E-state index in [0.29, 0.717) is 0 Å². The van der Waals surface area contributed by atoms with Crippen LogP contribution in [0, 0.1) is 11.8 Å². The fourth-order valence-corrected chi connectivity index (χ4v) is 3.12. The van der Waals surface area contributed by atoms with Crippen molar-refractivity contribution in [3.8, 4) is 0 Å². The molecule has 0 spiro atoms. The Labute approximate surface area is 125 Å². The zero-order valence-electron chi connectivity index (χ0n) is 13.9. The van der Waals surface area contributed by atoms with Crippen molar-refractivity contribution in [3.63, 3.8) is 0 Å². The van der Waals surface area contributed by atoms with E-state index in [1.165, 1.54) is 38.9 Å². The lowest BCUT2D eigenvalue weighted by Gasteiger charge is -2.34. The first-order chi connectivity index (χ1) is 9.65. The maximum absolute atomic E-state index is 4.59. The molecule has 2 atom stereocenters. The van der Waals surface area contributed by atoms with E-state index in [2.05, 4.69) is 48.2 Å². The van der Waals surface area contributed by atoms with Crippen molar-refractivity contribution in [2.75, 3.05) is 39.3 Å². The van der Waals surface area contributed by atoms with Crippen LogP contribution in [-0.4, -0.2) is 50.1 Å². The van der Waals surface area contributed by atoms with Gasteiger partial charge in [-0.2, -0.15) is 0 Å². The van der Waals surface area contributed by atoms with Gasteiger partial charge in [0.15, 0.2) is 5.96 Å². The Morgan fingerprint density at radius 2 is 1.65 bits per heavy atom. The van der Waals surface area contributed by atoms with Gasteiger partial charge in [0.1, 0.15) is 0 Å². The summed E-state index contributed by atoms with van der Waals surface area (Å²) in [6, 6.07) is 0. The van der Waals surface area contributed by atoms with Crippen LogP contribution >= 0.6 is 0 Å². The predicted molar refractivity (Wildman–Crippen MR) is 88.3 cm³/mol. The van der Waals surface area contributed by atoms with Crippen LogP contribution in [0.25, 0.3) is 0 Å². The van der Waals surface area contributed by atoms with Crippen LogP contribution < -0.4 is 10.6 Å². The van der Waals surface area contributed by atoms with Gasteiger partial charge in [0, 0.05) is 32.7 Å². The Bertz CT molecular complexity index is 260. The van der Waals surface area contributed by atoms with Crippen LogP contribution in [-0.2, 0) is 0 Å². The fraction of sp³-hybridized carbons (Fsp3) is 0.938. The van der Waals surface area contributed by atoms with Crippen molar-refractivity contribution in [1.29, 1.82) is 0 Å². The van der Waals surface area contributed by atoms with Crippen LogP contribution in [0.15, 0.2) is 4.99 Å². The molecule has 0 bridgehead atoms. The average Bonchev–Trinajstić information content (AvgIpc) is 2.37. The summed E-state index contributed by atoms with van der Waals surface area (Å²) in [5.74, 6) is 2.69. The van der Waals surface area contributed by atoms with Crippen molar-refractivity contribution in [2.45, 2.75) is 47.0 Å². The van der Waals surface area contributed by atoms with Gasteiger partial charge in [-0.15, -0.1) is 0 Å². The summed E-state index contributed by atoms with van der Waals surface area (Å²) in [6.45, 7) is 15.6. The molecule has 0 amide bonds. The molecule has 1 aliphatic heterocycles. The van der Waals surface area contributed by atoms with Crippen molar-refractivity contribution in [3.05, 3.63) is 0 Å². The van der Waals surface area contributed by atoms with Crippen LogP contribution in [0.3, 0.4) is 0 Å². The first-order valence-corrected chi connectivity index (χ1v) is 8.40. The fourth-order valence-electron chi connectivity index (χ4n) is 3.12. The van der Waals surface area contributed by atoms with Gasteiger partial charge in [-0.1, -0.05) is 13.8 Å². The first-order valence-electron chi connectivity index (χ1n) is 8.40. The lowest BCUT2D eigenvalue weighted by molar-refractivity contribution is 0.139. The Balaban J connectivity index is 2.15. The summed E-state index contributed by atoms with van der Waals surface area (Å²) in [5.41, 5.74) is 0. The normalized spacial score (nSPS) is 23.4. The second-order valence-corrected chi connectivity index (χ2v) is 6.20. The quantitative estimate of drug-likeness (QED) is 0.428. The van der Waals surface area contributed by atoms with Crippen molar-refractivity contribution in [2.24, 2.45) is 16.8 Å². The molecule has 4 nitrogen and oxygen atoms in total. The molecule has 1 aliphatic rings. The summed E-state index contributed by atoms with van der Waals surface area (Å²) in [5, 5.41) is 6.53. The second kappa shape index (κ2) is 10.0. The van der Waals surface area contributed by atoms with E-state index in [9.17, 15) is 0 Å². The molecular weight excluding hydrogens is 248 g/mol. The molecule has 4 heteroatoms. The third kappa shape index (κ3) is 7.13. The molecule has 1 saturated heterocycles. The number of hydrogen-bond donors (Lipinski definition) is 2. The Hall–Kier alpha value is -0.770. The SMILES string of the molecule is CCNC(=NCCCCN1CC(C)CC(C)C1)NCC. The zero-order valence-corrected chi connectivity index (χ0v) is 13.9. The lowest BCUT2D eigenvalue weighted by Crippen LogP contribution is -2.39. The molecule has 0 radical (unpaired) electrons. The lowest BCUT2D eigenvalue weighted by atomic mass is 9.92. The third-order valence-electron chi connectivity index (χ3n) is 3.79. The molecule has 1 fully saturated rings. The van der Waals surface area contributed by atoms with Crippen molar-refractivity contribution >= 4 is 5.96 Å². The topological polar surface area (TPSA) is 39.7 Å². The van der Waals surface area contributed by atoms with Gasteiger partial charge in [-0.3, -0.25) is 4.99 Å². The largest absolute Gasteiger partial charge is 0.357 e. The summed E-state index contributed by atoms with van der Waals surface area (Å²) in [6.07, 6.45) is 3.84. The summed E-state index contributed by atoms with van der Waals surface area (Å²) < 4.78 is 0. The highest BCUT2D eigenvalue weighted by atomic mass is 15.2. The van der Waals surface area contributed by atoms with Gasteiger partial charge in [-0.25, -0.2) is 0 Å². The minimum Gasteiger partial charge on any atom is -0.357 e. The Kier molecular flexibility index (Phi) is 8.67. The van der Waals surface area contributed by atoms with Gasteiger partial charge in [0.2, 0.25) is 0 Å². The molecule has 1 heterocycles. The van der Waals surface area contributed by atoms with Crippen LogP contribution in [0.2, 0.25) is 0 Å². The number of unbranched alkanes of at least 4 members (excludes halogenated alkanes) is 1. The molecule has 0 aromatic rings. The van der Waals surface area contributed by atoms with Gasteiger partial charge in [-0.05, 0) is 51.5 Å². The Morgan fingerprint density at radius 1 is 1.05 bits per heavy atom. The molecule has 0 aromatic carbocycles. The highest BCUT2D eigenvalue weighted by Gasteiger charge is 2.20. The average molecular weight is 282 g/mol. The van der Waals surface area contributed by atoms with Crippen LogP contribution in [0.5, 0.6) is 0 Å². The van der Waals surface area contributed by atoms with Crippen molar-refractivity contribution in [1.82, 2.24) is 15.5 Å². The van der Waals surface area contributed by atoms with Crippen molar-refractivity contribution < 1.29 is 0 Å². The molecule has 1 rings (SSSR count). The zero-order chi connectivity index (χ0) is 14.8. The van der Waals surface area contributed by atoms with Gasteiger partial charge < -0.3 is 15.5 Å². The number of piperidine rings is 1. The number of aliphatic imine (C=N–C) groups is 1. The van der Waals surface area contributed by atoms with E-state index in [1.807, 2.05) is 0 Å². The van der Waals surface area contributed by atoms with E-state index in [4.69, 9.17) is 0 Å². The smallest absolute Gasteiger partial charge is 0.191 e. The molecule has 20 heavy (non-hydrogen) atoms. The van der Waals surface area contributed by atoms with E-state index < -0.39 is 0 Å². The van der Waals surface area contributed by atoms with Crippen LogP contribution in [0.4, 0.5) is 0 Å². The summed E-state index contributed by atoms with van der Waals surface area (Å²) in [7, 11) is 0. The molecule has 0 aromatic heterocycles. The monoisotopic (exact) mass is 282 g/mol. The standard InChI is InChI=1S/C16H34N4/c1-5-17-16(18-6-2)19-9-7-8-10-20-12-14(3)11-15(4)13-20/h14-15H,5-13H2,1-4H3,(H2,17,18,19). The maximum atomic E-state index is 4.59. The second-order valence-electron chi connectivity index (χ2n) is 6.20. The molecule has 0 aliphatic carbocycles. The maximum Gasteiger partial charge on any atom is 0.191 e. The van der Waals surface area contributed by atoms with E-state index >= 15 is 0 Å². The highest BCUT2D eigenvalue weighted by Crippen LogP contribution is 2.20. The minimum atomic E-state index is 0.867. The number of likely N-dealkylation sites (tertiary alicyclic amines) is 1. The van der Waals surface area contributed by atoms with Gasteiger partial charge >= 0.3 is 0 Å². The van der Waals surface area contributed by atoms with Gasteiger partial charge in [0.05, 0.1) is 0 Å². The number of nitrogens with zero attached hydrogens (tertiary/aromatic N) is 2. The number of hydrogen-bond acceptors (Lipinski definition) is 2. The summed E-state index contributed by atoms with van der Waals surface area (Å²) >= 11 is 0. The Morgan fingerprint density at radius 3 is 2.20 bits per heavy atom. The van der Waals surface area contributed by atoms with Crippen LogP contribution in [0.1, 0.15) is 47.0 Å². The summed E-state index contributed by atoms with van der Waals surface area (Å²) in [4.78, 5) is 7.23. The number of guanidine groups is 1. The van der Waals surface area contributed by atoms with E-state index in [0.717, 1.165) is 37.4 Å². The number of nitrogens with one attached hydrogen (secondary N) is 2. The molecule has 2 N–H and O–H groups in total. The molecule has 2 unspecified atom stereocenters. The van der Waals surface area contributed by atoms with E-state index in [1.54, 1.807) is 0 Å². The first kappa shape index (κ1) is 17.3. The third-order valence-corrected chi connectivity index (χ3v) is 3.79.